The van der Waals surface area contributed by atoms with Crippen LogP contribution in [0.4, 0.5) is 0 Å². The summed E-state index contributed by atoms with van der Waals surface area (Å²) in [6.07, 6.45) is 4.33. The second-order valence-electron chi connectivity index (χ2n) is 5.20. The van der Waals surface area contributed by atoms with Crippen LogP contribution >= 0.6 is 11.6 Å². The van der Waals surface area contributed by atoms with Crippen molar-refractivity contribution in [2.75, 3.05) is 6.54 Å². The molecule has 1 aromatic heterocycles. The minimum absolute atomic E-state index is 0.558. The highest BCUT2D eigenvalue weighted by atomic mass is 35.5. The lowest BCUT2D eigenvalue weighted by molar-refractivity contribution is 0.229. The van der Waals surface area contributed by atoms with E-state index >= 15 is 0 Å². The summed E-state index contributed by atoms with van der Waals surface area (Å²) in [6.45, 7) is 8.50. The van der Waals surface area contributed by atoms with Gasteiger partial charge in [-0.3, -0.25) is 4.68 Å². The van der Waals surface area contributed by atoms with Crippen molar-refractivity contribution in [1.29, 1.82) is 0 Å². The summed E-state index contributed by atoms with van der Waals surface area (Å²) in [5.74, 6) is 1.31. The van der Waals surface area contributed by atoms with Gasteiger partial charge in [-0.2, -0.15) is 5.10 Å². The monoisotopic (exact) mass is 255 g/mol. The average molecular weight is 256 g/mol. The van der Waals surface area contributed by atoms with E-state index in [1.807, 2.05) is 0 Å². The van der Waals surface area contributed by atoms with Gasteiger partial charge in [0.05, 0.1) is 16.9 Å². The number of aromatic nitrogens is 2. The van der Waals surface area contributed by atoms with Crippen molar-refractivity contribution >= 4 is 11.6 Å². The fourth-order valence-electron chi connectivity index (χ4n) is 2.55. The third-order valence-electron chi connectivity index (χ3n) is 3.69. The summed E-state index contributed by atoms with van der Waals surface area (Å²) in [5, 5.41) is 8.69. The fraction of sp³-hybridized carbons (Fsp3) is 0.769. The first kappa shape index (κ1) is 12.9. The van der Waals surface area contributed by atoms with Gasteiger partial charge in [0.15, 0.2) is 0 Å². The van der Waals surface area contributed by atoms with Crippen LogP contribution in [0, 0.1) is 5.92 Å². The van der Waals surface area contributed by atoms with Gasteiger partial charge in [0, 0.05) is 18.5 Å². The molecule has 17 heavy (non-hydrogen) atoms. The standard InChI is InChI=1S/C13H22ClN3/c1-4-17-13(12(14)8-16-17)11-6-5-10(11)7-15-9(2)3/h8-11,15H,4-7H2,1-3H3. The van der Waals surface area contributed by atoms with E-state index in [1.165, 1.54) is 18.5 Å². The third kappa shape index (κ3) is 2.66. The molecule has 2 unspecified atom stereocenters. The Labute approximate surface area is 109 Å². The van der Waals surface area contributed by atoms with Crippen molar-refractivity contribution in [3.63, 3.8) is 0 Å². The summed E-state index contributed by atoms with van der Waals surface area (Å²) >= 11 is 6.26. The van der Waals surface area contributed by atoms with Crippen LogP contribution in [-0.2, 0) is 6.54 Å². The van der Waals surface area contributed by atoms with Crippen LogP contribution in [0.3, 0.4) is 0 Å². The van der Waals surface area contributed by atoms with E-state index in [0.717, 1.165) is 24.0 Å². The van der Waals surface area contributed by atoms with E-state index in [4.69, 9.17) is 11.6 Å². The molecule has 2 rings (SSSR count). The quantitative estimate of drug-likeness (QED) is 0.877. The molecule has 4 heteroatoms. The summed E-state index contributed by atoms with van der Waals surface area (Å²) in [6, 6.07) is 0.558. The summed E-state index contributed by atoms with van der Waals surface area (Å²) in [5.41, 5.74) is 1.25. The van der Waals surface area contributed by atoms with Gasteiger partial charge in [-0.25, -0.2) is 0 Å². The van der Waals surface area contributed by atoms with Gasteiger partial charge in [-0.05, 0) is 32.2 Å². The van der Waals surface area contributed by atoms with Crippen LogP contribution < -0.4 is 5.32 Å². The molecule has 1 aliphatic rings. The van der Waals surface area contributed by atoms with E-state index < -0.39 is 0 Å². The molecule has 0 radical (unpaired) electrons. The molecule has 1 saturated carbocycles. The van der Waals surface area contributed by atoms with Crippen molar-refractivity contribution in [3.8, 4) is 0 Å². The average Bonchev–Trinajstić information content (AvgIpc) is 2.59. The highest BCUT2D eigenvalue weighted by molar-refractivity contribution is 6.31. The first-order valence-electron chi connectivity index (χ1n) is 6.58. The summed E-state index contributed by atoms with van der Waals surface area (Å²) in [4.78, 5) is 0. The van der Waals surface area contributed by atoms with Crippen LogP contribution in [0.5, 0.6) is 0 Å². The van der Waals surface area contributed by atoms with E-state index in [9.17, 15) is 0 Å². The van der Waals surface area contributed by atoms with E-state index in [2.05, 4.69) is 35.9 Å². The van der Waals surface area contributed by atoms with Gasteiger partial charge in [-0.1, -0.05) is 25.4 Å². The predicted octanol–water partition coefficient (Wildman–Crippen LogP) is 3.05. The maximum atomic E-state index is 6.26. The molecular formula is C13H22ClN3. The molecule has 1 aliphatic carbocycles. The van der Waals surface area contributed by atoms with E-state index in [-0.39, 0.29) is 0 Å². The van der Waals surface area contributed by atoms with Crippen LogP contribution in [0.25, 0.3) is 0 Å². The fourth-order valence-corrected chi connectivity index (χ4v) is 2.83. The molecule has 1 aromatic rings. The SMILES string of the molecule is CCn1ncc(Cl)c1C1CCC1CNC(C)C. The molecule has 3 nitrogen and oxygen atoms in total. The molecule has 1 N–H and O–H groups in total. The number of nitrogens with zero attached hydrogens (tertiary/aromatic N) is 2. The molecule has 2 atom stereocenters. The minimum atomic E-state index is 0.558. The minimum Gasteiger partial charge on any atom is -0.314 e. The lowest BCUT2D eigenvalue weighted by Crippen LogP contribution is -2.37. The molecule has 0 amide bonds. The topological polar surface area (TPSA) is 29.9 Å². The predicted molar refractivity (Wildman–Crippen MR) is 71.5 cm³/mol. The molecule has 0 aromatic carbocycles. The number of nitrogens with one attached hydrogen (secondary N) is 1. The molecule has 0 saturated heterocycles. The zero-order valence-corrected chi connectivity index (χ0v) is 11.7. The van der Waals surface area contributed by atoms with Gasteiger partial charge in [0.25, 0.3) is 0 Å². The van der Waals surface area contributed by atoms with Crippen molar-refractivity contribution in [3.05, 3.63) is 16.9 Å². The molecule has 0 spiro atoms. The Bertz CT molecular complexity index is 373. The van der Waals surface area contributed by atoms with E-state index in [1.54, 1.807) is 6.20 Å². The second kappa shape index (κ2) is 5.40. The molecule has 1 heterocycles. The van der Waals surface area contributed by atoms with Gasteiger partial charge in [0.1, 0.15) is 0 Å². The number of rotatable bonds is 5. The summed E-state index contributed by atoms with van der Waals surface area (Å²) in [7, 11) is 0. The van der Waals surface area contributed by atoms with Crippen molar-refractivity contribution < 1.29 is 0 Å². The largest absolute Gasteiger partial charge is 0.314 e. The number of hydrogen-bond acceptors (Lipinski definition) is 2. The Balaban J connectivity index is 2.04. The van der Waals surface area contributed by atoms with Gasteiger partial charge < -0.3 is 5.32 Å². The normalized spacial score (nSPS) is 24.1. The van der Waals surface area contributed by atoms with Gasteiger partial charge in [-0.15, -0.1) is 0 Å². The summed E-state index contributed by atoms with van der Waals surface area (Å²) < 4.78 is 2.05. The van der Waals surface area contributed by atoms with Crippen LogP contribution in [0.2, 0.25) is 5.02 Å². The maximum Gasteiger partial charge on any atom is 0.0820 e. The van der Waals surface area contributed by atoms with Gasteiger partial charge in [0.2, 0.25) is 0 Å². The van der Waals surface area contributed by atoms with Crippen molar-refractivity contribution in [2.45, 2.75) is 52.1 Å². The van der Waals surface area contributed by atoms with Crippen molar-refractivity contribution in [2.24, 2.45) is 5.92 Å². The number of aryl methyl sites for hydroxylation is 1. The molecule has 0 bridgehead atoms. The highest BCUT2D eigenvalue weighted by Gasteiger charge is 2.35. The second-order valence-corrected chi connectivity index (χ2v) is 5.61. The Morgan fingerprint density at radius 2 is 2.29 bits per heavy atom. The molecule has 0 aliphatic heterocycles. The number of hydrogen-bond donors (Lipinski definition) is 1. The van der Waals surface area contributed by atoms with Crippen LogP contribution in [0.15, 0.2) is 6.20 Å². The first-order valence-corrected chi connectivity index (χ1v) is 6.95. The van der Waals surface area contributed by atoms with Gasteiger partial charge >= 0.3 is 0 Å². The zero-order chi connectivity index (χ0) is 12.4. The molecular weight excluding hydrogens is 234 g/mol. The van der Waals surface area contributed by atoms with E-state index in [0.29, 0.717) is 12.0 Å². The third-order valence-corrected chi connectivity index (χ3v) is 3.98. The Kier molecular flexibility index (Phi) is 4.10. The highest BCUT2D eigenvalue weighted by Crippen LogP contribution is 2.44. The smallest absolute Gasteiger partial charge is 0.0820 e. The lowest BCUT2D eigenvalue weighted by atomic mass is 9.71. The maximum absolute atomic E-state index is 6.26. The van der Waals surface area contributed by atoms with Crippen LogP contribution in [-0.4, -0.2) is 22.4 Å². The molecule has 96 valence electrons. The lowest BCUT2D eigenvalue weighted by Gasteiger charge is -2.37. The number of halogens is 1. The zero-order valence-electron chi connectivity index (χ0n) is 10.9. The Hall–Kier alpha value is -0.540. The van der Waals surface area contributed by atoms with Crippen LogP contribution in [0.1, 0.15) is 45.2 Å². The Morgan fingerprint density at radius 1 is 1.53 bits per heavy atom. The molecule has 1 fully saturated rings. The Morgan fingerprint density at radius 3 is 2.82 bits per heavy atom. The van der Waals surface area contributed by atoms with Crippen molar-refractivity contribution in [1.82, 2.24) is 15.1 Å². The first-order chi connectivity index (χ1) is 8.13.